The van der Waals surface area contributed by atoms with Crippen LogP contribution in [0.2, 0.25) is 0 Å². The van der Waals surface area contributed by atoms with Crippen LogP contribution in [0.1, 0.15) is 35.2 Å². The van der Waals surface area contributed by atoms with Gasteiger partial charge in [0.25, 0.3) is 5.91 Å². The maximum absolute atomic E-state index is 12.6. The van der Waals surface area contributed by atoms with E-state index in [1.807, 2.05) is 45.0 Å². The van der Waals surface area contributed by atoms with Crippen molar-refractivity contribution in [3.63, 3.8) is 0 Å². The van der Waals surface area contributed by atoms with E-state index in [9.17, 15) is 10.1 Å². The van der Waals surface area contributed by atoms with Crippen molar-refractivity contribution in [3.8, 4) is 17.6 Å². The number of fused-ring (bicyclic) bond motifs is 1. The lowest BCUT2D eigenvalue weighted by Gasteiger charge is -2.17. The number of carbonyl (C=O) groups excluding carboxylic acids is 1. The van der Waals surface area contributed by atoms with Crippen molar-refractivity contribution in [1.29, 1.82) is 5.26 Å². The molecule has 1 aliphatic rings. The molecule has 0 fully saturated rings. The van der Waals surface area contributed by atoms with Crippen molar-refractivity contribution in [2.75, 3.05) is 6.79 Å². The molecule has 0 spiro atoms. The molecule has 1 amide bonds. The van der Waals surface area contributed by atoms with Crippen molar-refractivity contribution in [3.05, 3.63) is 62.6 Å². The maximum Gasteiger partial charge on any atom is 0.262 e. The summed E-state index contributed by atoms with van der Waals surface area (Å²) in [7, 11) is 0. The number of carbonyl (C=O) groups is 1. The van der Waals surface area contributed by atoms with Crippen LogP contribution in [0.25, 0.3) is 6.08 Å². The number of hydrogen-bond acceptors (Lipinski definition) is 4. The van der Waals surface area contributed by atoms with Crippen molar-refractivity contribution in [1.82, 2.24) is 5.32 Å². The first-order valence-electron chi connectivity index (χ1n) is 8.48. The van der Waals surface area contributed by atoms with Crippen molar-refractivity contribution >= 4 is 27.9 Å². The van der Waals surface area contributed by atoms with Crippen LogP contribution in [0.3, 0.4) is 0 Å². The Morgan fingerprint density at radius 1 is 1.26 bits per heavy atom. The summed E-state index contributed by atoms with van der Waals surface area (Å²) in [6.45, 7) is 6.08. The normalized spacial score (nSPS) is 13.8. The van der Waals surface area contributed by atoms with Crippen LogP contribution >= 0.6 is 15.9 Å². The number of rotatable bonds is 4. The van der Waals surface area contributed by atoms with Gasteiger partial charge in [0.2, 0.25) is 6.79 Å². The SMILES string of the molecule is Cc1ccc(C)c([C@@H](C)NC(=O)/C(C#N)=C\c2cc3c(cc2Br)OCO3)c1. The standard InChI is InChI=1S/C21H19BrN2O3/c1-12-4-5-13(2)17(6-12)14(3)24-21(25)16(10-23)7-15-8-19-20(9-18(15)22)27-11-26-19/h4-9,14H,11H2,1-3H3,(H,24,25)/b16-7-/t14-/m1/s1. The number of benzene rings is 2. The van der Waals surface area contributed by atoms with Gasteiger partial charge < -0.3 is 14.8 Å². The lowest BCUT2D eigenvalue weighted by molar-refractivity contribution is -0.117. The van der Waals surface area contributed by atoms with E-state index in [4.69, 9.17) is 9.47 Å². The zero-order valence-electron chi connectivity index (χ0n) is 15.3. The average molecular weight is 427 g/mol. The zero-order valence-corrected chi connectivity index (χ0v) is 16.9. The van der Waals surface area contributed by atoms with Gasteiger partial charge in [0.1, 0.15) is 11.6 Å². The number of halogens is 1. The topological polar surface area (TPSA) is 71.4 Å². The molecule has 0 unspecified atom stereocenters. The Balaban J connectivity index is 1.83. The predicted molar refractivity (Wildman–Crippen MR) is 106 cm³/mol. The minimum Gasteiger partial charge on any atom is -0.454 e. The summed E-state index contributed by atoms with van der Waals surface area (Å²) in [6.07, 6.45) is 1.54. The predicted octanol–water partition coefficient (Wildman–Crippen LogP) is 4.58. The molecule has 27 heavy (non-hydrogen) atoms. The highest BCUT2D eigenvalue weighted by atomic mass is 79.9. The molecular weight excluding hydrogens is 408 g/mol. The highest BCUT2D eigenvalue weighted by molar-refractivity contribution is 9.10. The summed E-state index contributed by atoms with van der Waals surface area (Å²) in [5.41, 5.74) is 3.94. The molecule has 2 aromatic carbocycles. The van der Waals surface area contributed by atoms with Gasteiger partial charge in [-0.15, -0.1) is 0 Å². The van der Waals surface area contributed by atoms with Gasteiger partial charge in [-0.05, 0) is 55.7 Å². The smallest absolute Gasteiger partial charge is 0.262 e. The number of nitriles is 1. The molecule has 1 heterocycles. The summed E-state index contributed by atoms with van der Waals surface area (Å²) in [5.74, 6) is 0.798. The molecule has 1 N–H and O–H groups in total. The Morgan fingerprint density at radius 3 is 2.67 bits per heavy atom. The molecule has 0 bridgehead atoms. The molecule has 3 rings (SSSR count). The lowest BCUT2D eigenvalue weighted by Crippen LogP contribution is -2.28. The third kappa shape index (κ3) is 4.15. The Bertz CT molecular complexity index is 976. The van der Waals surface area contributed by atoms with Gasteiger partial charge in [0.15, 0.2) is 11.5 Å². The third-order valence-corrected chi connectivity index (χ3v) is 5.09. The Kier molecular flexibility index (Phi) is 5.52. The molecule has 2 aromatic rings. The summed E-state index contributed by atoms with van der Waals surface area (Å²) >= 11 is 3.44. The van der Waals surface area contributed by atoms with Gasteiger partial charge >= 0.3 is 0 Å². The van der Waals surface area contributed by atoms with Crippen LogP contribution in [0, 0.1) is 25.2 Å². The fourth-order valence-corrected chi connectivity index (χ4v) is 3.36. The van der Waals surface area contributed by atoms with E-state index in [0.717, 1.165) is 21.2 Å². The zero-order chi connectivity index (χ0) is 19.6. The average Bonchev–Trinajstić information content (AvgIpc) is 3.08. The number of amides is 1. The molecule has 6 heteroatoms. The molecular formula is C21H19BrN2O3. The van der Waals surface area contributed by atoms with Crippen LogP contribution < -0.4 is 14.8 Å². The third-order valence-electron chi connectivity index (χ3n) is 4.41. The minimum absolute atomic E-state index is 0.0201. The minimum atomic E-state index is -0.421. The Hall–Kier alpha value is -2.78. The summed E-state index contributed by atoms with van der Waals surface area (Å²) in [6, 6.07) is 11.4. The molecule has 1 atom stereocenters. The van der Waals surface area contributed by atoms with E-state index >= 15 is 0 Å². The molecule has 0 saturated heterocycles. The fourth-order valence-electron chi connectivity index (χ4n) is 2.93. The van der Waals surface area contributed by atoms with Gasteiger partial charge in [-0.2, -0.15) is 5.26 Å². The highest BCUT2D eigenvalue weighted by Crippen LogP contribution is 2.37. The highest BCUT2D eigenvalue weighted by Gasteiger charge is 2.19. The van der Waals surface area contributed by atoms with Crippen molar-refractivity contribution in [2.24, 2.45) is 0 Å². The molecule has 0 radical (unpaired) electrons. The number of nitrogens with one attached hydrogen (secondary N) is 1. The number of aryl methyl sites for hydroxylation is 2. The number of hydrogen-bond donors (Lipinski definition) is 1. The van der Waals surface area contributed by atoms with E-state index in [-0.39, 0.29) is 18.4 Å². The van der Waals surface area contributed by atoms with Crippen LogP contribution in [0.5, 0.6) is 11.5 Å². The van der Waals surface area contributed by atoms with Crippen molar-refractivity contribution < 1.29 is 14.3 Å². The van der Waals surface area contributed by atoms with E-state index < -0.39 is 5.91 Å². The van der Waals surface area contributed by atoms with Gasteiger partial charge in [0, 0.05) is 4.47 Å². The number of ether oxygens (including phenoxy) is 2. The van der Waals surface area contributed by atoms with E-state index in [0.29, 0.717) is 17.1 Å². The molecule has 5 nitrogen and oxygen atoms in total. The second-order valence-electron chi connectivity index (χ2n) is 6.45. The van der Waals surface area contributed by atoms with Gasteiger partial charge in [0.05, 0.1) is 6.04 Å². The number of nitrogens with zero attached hydrogens (tertiary/aromatic N) is 1. The summed E-state index contributed by atoms with van der Waals surface area (Å²) in [5, 5.41) is 12.4. The Morgan fingerprint density at radius 2 is 1.96 bits per heavy atom. The van der Waals surface area contributed by atoms with E-state index in [1.54, 1.807) is 12.1 Å². The lowest BCUT2D eigenvalue weighted by atomic mass is 9.99. The first kappa shape index (κ1) is 19.0. The second kappa shape index (κ2) is 7.85. The fraction of sp³-hybridized carbons (Fsp3) is 0.238. The molecule has 0 saturated carbocycles. The van der Waals surface area contributed by atoms with E-state index in [2.05, 4.69) is 21.2 Å². The molecule has 0 aliphatic carbocycles. The quantitative estimate of drug-likeness (QED) is 0.573. The summed E-state index contributed by atoms with van der Waals surface area (Å²) in [4.78, 5) is 12.6. The maximum atomic E-state index is 12.6. The van der Waals surface area contributed by atoms with Crippen molar-refractivity contribution in [2.45, 2.75) is 26.8 Å². The van der Waals surface area contributed by atoms with Gasteiger partial charge in [-0.25, -0.2) is 0 Å². The van der Waals surface area contributed by atoms with Crippen LogP contribution in [-0.4, -0.2) is 12.7 Å². The molecule has 1 aliphatic heterocycles. The molecule has 138 valence electrons. The second-order valence-corrected chi connectivity index (χ2v) is 7.31. The van der Waals surface area contributed by atoms with Crippen LogP contribution in [0.15, 0.2) is 40.4 Å². The Labute approximate surface area is 166 Å². The largest absolute Gasteiger partial charge is 0.454 e. The monoisotopic (exact) mass is 426 g/mol. The van der Waals surface area contributed by atoms with Crippen LogP contribution in [0.4, 0.5) is 0 Å². The van der Waals surface area contributed by atoms with Gasteiger partial charge in [-0.1, -0.05) is 39.7 Å². The molecule has 0 aromatic heterocycles. The van der Waals surface area contributed by atoms with E-state index in [1.165, 1.54) is 6.08 Å². The van der Waals surface area contributed by atoms with Crippen LogP contribution in [-0.2, 0) is 4.79 Å². The van der Waals surface area contributed by atoms with Gasteiger partial charge in [-0.3, -0.25) is 4.79 Å². The summed E-state index contributed by atoms with van der Waals surface area (Å²) < 4.78 is 11.4. The first-order valence-corrected chi connectivity index (χ1v) is 9.27. The first-order chi connectivity index (χ1) is 12.9.